The maximum absolute atomic E-state index is 12.9. The van der Waals surface area contributed by atoms with Crippen LogP contribution in [0.3, 0.4) is 0 Å². The van der Waals surface area contributed by atoms with Crippen LogP contribution in [0, 0.1) is 0 Å². The summed E-state index contributed by atoms with van der Waals surface area (Å²) in [4.78, 5) is 12.8. The van der Waals surface area contributed by atoms with E-state index in [0.717, 1.165) is 25.7 Å². The molecular formula is C19H28N2O4S. The number of hydrogen-bond donors (Lipinski definition) is 1. The number of benzene rings is 1. The second-order valence-electron chi connectivity index (χ2n) is 7.23. The molecular weight excluding hydrogens is 352 g/mol. The van der Waals surface area contributed by atoms with E-state index in [-0.39, 0.29) is 22.9 Å². The molecule has 7 heteroatoms. The third-order valence-electron chi connectivity index (χ3n) is 5.13. The lowest BCUT2D eigenvalue weighted by molar-refractivity contribution is 0.0102. The van der Waals surface area contributed by atoms with Crippen LogP contribution in [0.2, 0.25) is 0 Å². The van der Waals surface area contributed by atoms with Crippen LogP contribution in [0.5, 0.6) is 0 Å². The summed E-state index contributed by atoms with van der Waals surface area (Å²) in [6.45, 7) is 2.92. The zero-order chi connectivity index (χ0) is 18.6. The fourth-order valence-electron chi connectivity index (χ4n) is 3.64. The minimum Gasteiger partial charge on any atom is -0.376 e. The largest absolute Gasteiger partial charge is 0.376 e. The fraction of sp³-hybridized carbons (Fsp3) is 0.632. The highest BCUT2D eigenvalue weighted by atomic mass is 32.2. The molecule has 2 aliphatic rings. The van der Waals surface area contributed by atoms with Gasteiger partial charge in [0.25, 0.3) is 5.91 Å². The summed E-state index contributed by atoms with van der Waals surface area (Å²) in [7, 11) is -3.62. The number of hydrogen-bond acceptors (Lipinski definition) is 4. The second-order valence-corrected chi connectivity index (χ2v) is 9.17. The molecule has 1 atom stereocenters. The molecule has 0 spiro atoms. The molecule has 1 amide bonds. The Kier molecular flexibility index (Phi) is 6.32. The van der Waals surface area contributed by atoms with E-state index >= 15 is 0 Å². The van der Waals surface area contributed by atoms with E-state index in [1.165, 1.54) is 23.2 Å². The lowest BCUT2D eigenvalue weighted by atomic mass is 10.1. The van der Waals surface area contributed by atoms with Gasteiger partial charge < -0.3 is 10.1 Å². The minimum atomic E-state index is -3.62. The van der Waals surface area contributed by atoms with E-state index in [9.17, 15) is 13.2 Å². The van der Waals surface area contributed by atoms with Crippen LogP contribution in [0.15, 0.2) is 29.2 Å². The van der Waals surface area contributed by atoms with Crippen LogP contribution >= 0.6 is 0 Å². The van der Waals surface area contributed by atoms with Gasteiger partial charge >= 0.3 is 0 Å². The van der Waals surface area contributed by atoms with Gasteiger partial charge in [0.1, 0.15) is 0 Å². The molecule has 1 heterocycles. The molecule has 0 bridgehead atoms. The third kappa shape index (κ3) is 4.64. The molecule has 6 nitrogen and oxygen atoms in total. The highest BCUT2D eigenvalue weighted by Crippen LogP contribution is 2.21. The molecule has 2 fully saturated rings. The second kappa shape index (κ2) is 8.50. The van der Waals surface area contributed by atoms with Crippen LogP contribution in [0.1, 0.15) is 55.8 Å². The Morgan fingerprint density at radius 1 is 1.19 bits per heavy atom. The van der Waals surface area contributed by atoms with Crippen LogP contribution < -0.4 is 5.32 Å². The van der Waals surface area contributed by atoms with Gasteiger partial charge in [0, 0.05) is 24.7 Å². The molecule has 1 aliphatic heterocycles. The number of nitrogens with one attached hydrogen (secondary N) is 1. The monoisotopic (exact) mass is 380 g/mol. The van der Waals surface area contributed by atoms with Gasteiger partial charge in [-0.3, -0.25) is 4.79 Å². The lowest BCUT2D eigenvalue weighted by Crippen LogP contribution is -2.44. The van der Waals surface area contributed by atoms with E-state index in [1.54, 1.807) is 18.2 Å². The first kappa shape index (κ1) is 19.3. The van der Waals surface area contributed by atoms with Crippen LogP contribution in [-0.2, 0) is 14.8 Å². The number of nitrogens with zero attached hydrogens (tertiary/aromatic N) is 1. The van der Waals surface area contributed by atoms with Crippen molar-refractivity contribution in [3.63, 3.8) is 0 Å². The molecule has 0 radical (unpaired) electrons. The summed E-state index contributed by atoms with van der Waals surface area (Å²) in [5, 5.41) is 3.07. The summed E-state index contributed by atoms with van der Waals surface area (Å²) in [5.74, 6) is -0.190. The van der Waals surface area contributed by atoms with Crippen molar-refractivity contribution in [2.24, 2.45) is 0 Å². The van der Waals surface area contributed by atoms with Crippen molar-refractivity contribution in [3.05, 3.63) is 29.8 Å². The Morgan fingerprint density at radius 2 is 1.92 bits per heavy atom. The van der Waals surface area contributed by atoms with Crippen LogP contribution in [0.4, 0.5) is 0 Å². The minimum absolute atomic E-state index is 0.125. The molecule has 144 valence electrons. The quantitative estimate of drug-likeness (QED) is 0.815. The van der Waals surface area contributed by atoms with Crippen molar-refractivity contribution in [1.29, 1.82) is 0 Å². The average molecular weight is 381 g/mol. The highest BCUT2D eigenvalue weighted by molar-refractivity contribution is 7.89. The maximum Gasteiger partial charge on any atom is 0.251 e. The van der Waals surface area contributed by atoms with Crippen molar-refractivity contribution in [1.82, 2.24) is 9.62 Å². The number of sulfonamides is 1. The Hall–Kier alpha value is -1.44. The smallest absolute Gasteiger partial charge is 0.251 e. The first-order chi connectivity index (χ1) is 12.5. The van der Waals surface area contributed by atoms with Crippen molar-refractivity contribution < 1.29 is 17.9 Å². The highest BCUT2D eigenvalue weighted by Gasteiger charge is 2.29. The Bertz CT molecular complexity index is 727. The van der Waals surface area contributed by atoms with Crippen LogP contribution in [0.25, 0.3) is 0 Å². The number of carbonyl (C=O) groups excluding carboxylic acids is 1. The number of carbonyl (C=O) groups is 1. The van der Waals surface area contributed by atoms with E-state index in [1.807, 2.05) is 6.92 Å². The van der Waals surface area contributed by atoms with Crippen molar-refractivity contribution >= 4 is 15.9 Å². The number of morpholine rings is 1. The predicted octanol–water partition coefficient (Wildman–Crippen LogP) is 2.55. The first-order valence-corrected chi connectivity index (χ1v) is 10.9. The van der Waals surface area contributed by atoms with E-state index in [2.05, 4.69) is 5.32 Å². The third-order valence-corrected chi connectivity index (χ3v) is 6.99. The Balaban J connectivity index is 1.73. The molecule has 1 saturated carbocycles. The van der Waals surface area contributed by atoms with Crippen LogP contribution in [-0.4, -0.2) is 50.5 Å². The topological polar surface area (TPSA) is 75.7 Å². The van der Waals surface area contributed by atoms with Gasteiger partial charge in [-0.05, 0) is 38.0 Å². The molecule has 1 aliphatic carbocycles. The molecule has 0 aromatic heterocycles. The van der Waals surface area contributed by atoms with Crippen molar-refractivity contribution in [2.75, 3.05) is 19.7 Å². The van der Waals surface area contributed by atoms with Crippen molar-refractivity contribution in [2.45, 2.75) is 62.5 Å². The SMILES string of the molecule is CC1CN(S(=O)(=O)c2cccc(C(=O)NC3CCCCCC3)c2)CCO1. The van der Waals surface area contributed by atoms with Gasteiger partial charge in [-0.15, -0.1) is 0 Å². The van der Waals surface area contributed by atoms with Gasteiger partial charge in [-0.25, -0.2) is 8.42 Å². The molecule has 1 saturated heterocycles. The summed E-state index contributed by atoms with van der Waals surface area (Å²) in [5.41, 5.74) is 0.400. The summed E-state index contributed by atoms with van der Waals surface area (Å²) in [6, 6.07) is 6.54. The normalized spacial score (nSPS) is 23.3. The van der Waals surface area contributed by atoms with E-state index in [4.69, 9.17) is 4.74 Å². The fourth-order valence-corrected chi connectivity index (χ4v) is 5.19. The zero-order valence-electron chi connectivity index (χ0n) is 15.3. The first-order valence-electron chi connectivity index (χ1n) is 9.49. The number of amides is 1. The van der Waals surface area contributed by atoms with Gasteiger partial charge in [0.2, 0.25) is 10.0 Å². The van der Waals surface area contributed by atoms with E-state index < -0.39 is 10.0 Å². The lowest BCUT2D eigenvalue weighted by Gasteiger charge is -2.30. The maximum atomic E-state index is 12.9. The van der Waals surface area contributed by atoms with Gasteiger partial charge in [-0.2, -0.15) is 4.31 Å². The zero-order valence-corrected chi connectivity index (χ0v) is 16.1. The predicted molar refractivity (Wildman–Crippen MR) is 99.6 cm³/mol. The molecule has 1 aromatic rings. The van der Waals surface area contributed by atoms with E-state index in [0.29, 0.717) is 25.3 Å². The molecule has 1 unspecified atom stereocenters. The van der Waals surface area contributed by atoms with Gasteiger partial charge in [0.05, 0.1) is 17.6 Å². The molecule has 1 aromatic carbocycles. The van der Waals surface area contributed by atoms with Crippen molar-refractivity contribution in [3.8, 4) is 0 Å². The molecule has 1 N–H and O–H groups in total. The summed E-state index contributed by atoms with van der Waals surface area (Å²) in [6.07, 6.45) is 6.57. The van der Waals surface area contributed by atoms with Gasteiger partial charge in [-0.1, -0.05) is 31.7 Å². The Morgan fingerprint density at radius 3 is 2.62 bits per heavy atom. The summed E-state index contributed by atoms with van der Waals surface area (Å²) < 4.78 is 32.6. The molecule has 3 rings (SSSR count). The molecule has 26 heavy (non-hydrogen) atoms. The summed E-state index contributed by atoms with van der Waals surface area (Å²) >= 11 is 0. The Labute approximate surface area is 156 Å². The number of rotatable bonds is 4. The van der Waals surface area contributed by atoms with Gasteiger partial charge in [0.15, 0.2) is 0 Å². The average Bonchev–Trinajstić information content (AvgIpc) is 2.90. The number of ether oxygens (including phenoxy) is 1. The standard InChI is InChI=1S/C19H28N2O4S/c1-15-14-21(11-12-25-15)26(23,24)18-10-6-7-16(13-18)19(22)20-17-8-4-2-3-5-9-17/h6-7,10,13,15,17H,2-5,8-9,11-12,14H2,1H3,(H,20,22).